The highest BCUT2D eigenvalue weighted by Gasteiger charge is 1.99. The maximum Gasteiger partial charge on any atom is 0.193 e. The first-order valence-corrected chi connectivity index (χ1v) is 7.22. The molecule has 21 heavy (non-hydrogen) atoms. The van der Waals surface area contributed by atoms with E-state index in [1.807, 2.05) is 37.3 Å². The molecule has 0 fully saturated rings. The zero-order valence-corrected chi connectivity index (χ0v) is 16.0. The van der Waals surface area contributed by atoms with Crippen LogP contribution in [0.4, 0.5) is 5.69 Å². The fourth-order valence-corrected chi connectivity index (χ4v) is 2.39. The number of nitrogens with one attached hydrogen (secondary N) is 1. The number of guanidine groups is 1. The molecule has 3 N–H and O–H groups in total. The molecule has 0 aliphatic carbocycles. The summed E-state index contributed by atoms with van der Waals surface area (Å²) in [5.74, 6) is 0.429. The van der Waals surface area contributed by atoms with Gasteiger partial charge in [0.1, 0.15) is 0 Å². The number of aliphatic imine (C=N–C) groups is 1. The van der Waals surface area contributed by atoms with E-state index in [0.717, 1.165) is 10.2 Å². The normalized spacial score (nSPS) is 10.9. The van der Waals surface area contributed by atoms with Crippen molar-refractivity contribution in [2.24, 2.45) is 10.7 Å². The Morgan fingerprint density at radius 3 is 2.62 bits per heavy atom. The molecular formula is C16H19BrIN3. The Balaban J connectivity index is 0.00000220. The van der Waals surface area contributed by atoms with Crippen LogP contribution in [-0.4, -0.2) is 5.96 Å². The highest BCUT2D eigenvalue weighted by Crippen LogP contribution is 2.16. The molecule has 2 rings (SSSR count). The number of benzene rings is 2. The number of aryl methyl sites for hydroxylation is 2. The summed E-state index contributed by atoms with van der Waals surface area (Å²) in [6.45, 7) is 4.69. The number of rotatable bonds is 3. The first kappa shape index (κ1) is 18.0. The van der Waals surface area contributed by atoms with E-state index < -0.39 is 0 Å². The minimum atomic E-state index is 0. The van der Waals surface area contributed by atoms with Gasteiger partial charge in [-0.2, -0.15) is 0 Å². The molecule has 5 heteroatoms. The molecule has 0 aromatic heterocycles. The summed E-state index contributed by atoms with van der Waals surface area (Å²) in [4.78, 5) is 4.38. The molecule has 2 aromatic rings. The summed E-state index contributed by atoms with van der Waals surface area (Å²) in [7, 11) is 0. The number of nitrogens with zero attached hydrogens (tertiary/aromatic N) is 1. The van der Waals surface area contributed by atoms with Gasteiger partial charge in [-0.05, 0) is 54.8 Å². The van der Waals surface area contributed by atoms with Crippen molar-refractivity contribution >= 4 is 51.6 Å². The molecule has 112 valence electrons. The van der Waals surface area contributed by atoms with Crippen molar-refractivity contribution in [3.63, 3.8) is 0 Å². The van der Waals surface area contributed by atoms with Crippen LogP contribution in [0.25, 0.3) is 0 Å². The third-order valence-electron chi connectivity index (χ3n) is 3.01. The third kappa shape index (κ3) is 5.67. The van der Waals surface area contributed by atoms with Crippen LogP contribution in [0.1, 0.15) is 16.7 Å². The Morgan fingerprint density at radius 2 is 1.95 bits per heavy atom. The minimum absolute atomic E-state index is 0. The quantitative estimate of drug-likeness (QED) is 0.400. The van der Waals surface area contributed by atoms with Gasteiger partial charge < -0.3 is 11.1 Å². The summed E-state index contributed by atoms with van der Waals surface area (Å²) in [6.07, 6.45) is 0. The Bertz CT molecular complexity index is 641. The molecule has 0 unspecified atom stereocenters. The van der Waals surface area contributed by atoms with Gasteiger partial charge in [-0.15, -0.1) is 24.0 Å². The van der Waals surface area contributed by atoms with E-state index in [1.165, 1.54) is 16.7 Å². The van der Waals surface area contributed by atoms with Crippen molar-refractivity contribution in [2.45, 2.75) is 20.4 Å². The minimum Gasteiger partial charge on any atom is -0.370 e. The first-order chi connectivity index (χ1) is 9.54. The van der Waals surface area contributed by atoms with E-state index in [9.17, 15) is 0 Å². The lowest BCUT2D eigenvalue weighted by Gasteiger charge is -2.07. The lowest BCUT2D eigenvalue weighted by Crippen LogP contribution is -2.22. The third-order valence-corrected chi connectivity index (χ3v) is 3.51. The smallest absolute Gasteiger partial charge is 0.193 e. The fraction of sp³-hybridized carbons (Fsp3) is 0.188. The monoisotopic (exact) mass is 459 g/mol. The Hall–Kier alpha value is -1.08. The lowest BCUT2D eigenvalue weighted by atomic mass is 10.1. The summed E-state index contributed by atoms with van der Waals surface area (Å²) < 4.78 is 1.08. The highest BCUT2D eigenvalue weighted by molar-refractivity contribution is 14.0. The maximum absolute atomic E-state index is 5.91. The SMILES string of the molecule is Cc1cccc(NC(N)=NCc2ccc(Br)cc2C)c1.I. The van der Waals surface area contributed by atoms with E-state index in [-0.39, 0.29) is 24.0 Å². The molecule has 0 heterocycles. The molecule has 0 saturated heterocycles. The van der Waals surface area contributed by atoms with Gasteiger partial charge in [0, 0.05) is 10.2 Å². The van der Waals surface area contributed by atoms with Gasteiger partial charge >= 0.3 is 0 Å². The van der Waals surface area contributed by atoms with Crippen LogP contribution in [0, 0.1) is 13.8 Å². The average molecular weight is 460 g/mol. The van der Waals surface area contributed by atoms with Crippen molar-refractivity contribution in [3.05, 3.63) is 63.6 Å². The second-order valence-corrected chi connectivity index (χ2v) is 5.68. The Labute approximate surface area is 151 Å². The number of hydrogen-bond acceptors (Lipinski definition) is 1. The summed E-state index contributed by atoms with van der Waals surface area (Å²) >= 11 is 3.45. The van der Waals surface area contributed by atoms with Crippen LogP contribution in [0.3, 0.4) is 0 Å². The van der Waals surface area contributed by atoms with Gasteiger partial charge in [0.2, 0.25) is 0 Å². The Kier molecular flexibility index (Phi) is 7.17. The zero-order valence-electron chi connectivity index (χ0n) is 12.1. The first-order valence-electron chi connectivity index (χ1n) is 6.43. The molecular weight excluding hydrogens is 441 g/mol. The van der Waals surface area contributed by atoms with Gasteiger partial charge in [0.15, 0.2) is 5.96 Å². The molecule has 0 saturated carbocycles. The van der Waals surface area contributed by atoms with E-state index in [0.29, 0.717) is 12.5 Å². The van der Waals surface area contributed by atoms with Crippen LogP contribution >= 0.6 is 39.9 Å². The molecule has 0 spiro atoms. The molecule has 0 atom stereocenters. The van der Waals surface area contributed by atoms with E-state index in [1.54, 1.807) is 0 Å². The van der Waals surface area contributed by atoms with Crippen molar-refractivity contribution in [3.8, 4) is 0 Å². The number of halogens is 2. The van der Waals surface area contributed by atoms with Gasteiger partial charge in [-0.25, -0.2) is 4.99 Å². The second-order valence-electron chi connectivity index (χ2n) is 4.77. The topological polar surface area (TPSA) is 50.4 Å². The maximum atomic E-state index is 5.91. The van der Waals surface area contributed by atoms with Crippen molar-refractivity contribution in [1.29, 1.82) is 0 Å². The molecule has 0 amide bonds. The van der Waals surface area contributed by atoms with E-state index in [2.05, 4.69) is 45.3 Å². The standard InChI is InChI=1S/C16H18BrN3.HI/c1-11-4-3-5-15(8-11)20-16(18)19-10-13-6-7-14(17)9-12(13)2;/h3-9H,10H2,1-2H3,(H3,18,19,20);1H. The predicted octanol–water partition coefficient (Wildman–Crippen LogP) is 4.61. The summed E-state index contributed by atoms with van der Waals surface area (Å²) in [6, 6.07) is 14.2. The predicted molar refractivity (Wildman–Crippen MR) is 104 cm³/mol. The second kappa shape index (κ2) is 8.38. The van der Waals surface area contributed by atoms with Gasteiger partial charge in [0.25, 0.3) is 0 Å². The molecule has 0 bridgehead atoms. The largest absolute Gasteiger partial charge is 0.370 e. The van der Waals surface area contributed by atoms with Crippen LogP contribution in [0.2, 0.25) is 0 Å². The molecule has 0 radical (unpaired) electrons. The van der Waals surface area contributed by atoms with Crippen LogP contribution < -0.4 is 11.1 Å². The van der Waals surface area contributed by atoms with E-state index >= 15 is 0 Å². The molecule has 0 aliphatic rings. The summed E-state index contributed by atoms with van der Waals surface area (Å²) in [5.41, 5.74) is 10.4. The number of anilines is 1. The zero-order chi connectivity index (χ0) is 14.5. The average Bonchev–Trinajstić information content (AvgIpc) is 2.37. The van der Waals surface area contributed by atoms with Gasteiger partial charge in [-0.3, -0.25) is 0 Å². The molecule has 3 nitrogen and oxygen atoms in total. The van der Waals surface area contributed by atoms with Gasteiger partial charge in [-0.1, -0.05) is 34.1 Å². The van der Waals surface area contributed by atoms with Crippen LogP contribution in [0.5, 0.6) is 0 Å². The van der Waals surface area contributed by atoms with Gasteiger partial charge in [0.05, 0.1) is 6.54 Å². The molecule has 0 aliphatic heterocycles. The van der Waals surface area contributed by atoms with Crippen LogP contribution in [0.15, 0.2) is 51.9 Å². The fourth-order valence-electron chi connectivity index (χ4n) is 1.92. The number of nitrogens with two attached hydrogens (primary N) is 1. The Morgan fingerprint density at radius 1 is 1.19 bits per heavy atom. The lowest BCUT2D eigenvalue weighted by molar-refractivity contribution is 1.04. The van der Waals surface area contributed by atoms with Crippen LogP contribution in [-0.2, 0) is 6.54 Å². The van der Waals surface area contributed by atoms with E-state index in [4.69, 9.17) is 5.73 Å². The number of hydrogen-bond donors (Lipinski definition) is 2. The van der Waals surface area contributed by atoms with Crippen molar-refractivity contribution in [1.82, 2.24) is 0 Å². The summed E-state index contributed by atoms with van der Waals surface area (Å²) in [5, 5.41) is 3.10. The molecule has 2 aromatic carbocycles. The van der Waals surface area contributed by atoms with Crippen molar-refractivity contribution in [2.75, 3.05) is 5.32 Å². The van der Waals surface area contributed by atoms with Crippen molar-refractivity contribution < 1.29 is 0 Å². The highest BCUT2D eigenvalue weighted by atomic mass is 127.